The number of unbranched alkanes of at least 4 members (excludes halogenated alkanes) is 1. The molecule has 2 heterocycles. The number of carbonyl (C=O) groups is 1. The van der Waals surface area contributed by atoms with Crippen molar-refractivity contribution in [3.8, 4) is 11.5 Å². The Morgan fingerprint density at radius 1 is 1.26 bits per heavy atom. The molecule has 2 N–H and O–H groups in total. The number of nitro groups is 1. The lowest BCUT2D eigenvalue weighted by atomic mass is 9.87. The average molecular weight is 424 g/mol. The van der Waals surface area contributed by atoms with Gasteiger partial charge in [-0.2, -0.15) is 5.10 Å². The summed E-state index contributed by atoms with van der Waals surface area (Å²) in [5.74, 6) is 0.729. The van der Waals surface area contributed by atoms with Crippen LogP contribution in [0.4, 0.5) is 5.69 Å². The number of nitrogens with zero attached hydrogens (tertiary/aromatic N) is 3. The number of hydrogen-bond donors (Lipinski definition) is 1. The van der Waals surface area contributed by atoms with Gasteiger partial charge in [-0.05, 0) is 43.2 Å². The fourth-order valence-corrected chi connectivity index (χ4v) is 3.87. The van der Waals surface area contributed by atoms with E-state index in [1.54, 1.807) is 24.1 Å². The van der Waals surface area contributed by atoms with Crippen molar-refractivity contribution in [3.05, 3.63) is 63.2 Å². The van der Waals surface area contributed by atoms with E-state index in [0.29, 0.717) is 35.7 Å². The quantitative estimate of drug-likeness (QED) is 0.562. The van der Waals surface area contributed by atoms with Crippen LogP contribution in [0.3, 0.4) is 0 Å². The van der Waals surface area contributed by atoms with Crippen LogP contribution in [0.15, 0.2) is 41.5 Å². The number of primary amides is 1. The molecule has 4 rings (SSSR count). The molecule has 0 aliphatic carbocycles. The van der Waals surface area contributed by atoms with Gasteiger partial charge < -0.3 is 15.2 Å². The molecular weight excluding hydrogens is 400 g/mol. The highest BCUT2D eigenvalue weighted by molar-refractivity contribution is 6.14. The third kappa shape index (κ3) is 3.67. The Morgan fingerprint density at radius 3 is 2.55 bits per heavy atom. The van der Waals surface area contributed by atoms with E-state index in [-0.39, 0.29) is 12.5 Å². The van der Waals surface area contributed by atoms with Gasteiger partial charge in [0.15, 0.2) is 11.5 Å². The van der Waals surface area contributed by atoms with Gasteiger partial charge in [0.25, 0.3) is 5.69 Å². The zero-order valence-electron chi connectivity index (χ0n) is 17.5. The third-order valence-corrected chi connectivity index (χ3v) is 5.78. The average Bonchev–Trinajstić information content (AvgIpc) is 3.16. The van der Waals surface area contributed by atoms with Gasteiger partial charge in [0.05, 0.1) is 10.6 Å². The molecular formula is C22H24N4O5. The number of ether oxygens (including phenoxy) is 2. The molecule has 2 aliphatic rings. The molecule has 0 fully saturated rings. The maximum absolute atomic E-state index is 12.6. The summed E-state index contributed by atoms with van der Waals surface area (Å²) in [6.45, 7) is 4.53. The monoisotopic (exact) mass is 424 g/mol. The highest BCUT2D eigenvalue weighted by Gasteiger charge is 2.41. The smallest absolute Gasteiger partial charge is 0.269 e. The maximum atomic E-state index is 12.6. The lowest BCUT2D eigenvalue weighted by molar-refractivity contribution is -0.384. The van der Waals surface area contributed by atoms with Gasteiger partial charge in [0.2, 0.25) is 12.7 Å². The van der Waals surface area contributed by atoms with E-state index in [1.165, 1.54) is 12.1 Å². The van der Waals surface area contributed by atoms with Crippen LogP contribution in [0.2, 0.25) is 0 Å². The second-order valence-electron chi connectivity index (χ2n) is 7.91. The van der Waals surface area contributed by atoms with Crippen molar-refractivity contribution in [3.63, 3.8) is 0 Å². The number of rotatable bonds is 6. The Bertz CT molecular complexity index is 1070. The number of carbonyl (C=O) groups excluding carboxylic acids is 1. The number of benzene rings is 2. The SMILES string of the molecule is CCCCN1N=C(c2ccc([N+](=O)[O-])cc2)c2cc3c(cc2CC1(C)C(N)=O)OCO3. The highest BCUT2D eigenvalue weighted by Crippen LogP contribution is 2.39. The zero-order valence-corrected chi connectivity index (χ0v) is 17.5. The van der Waals surface area contributed by atoms with Crippen molar-refractivity contribution < 1.29 is 19.2 Å². The van der Waals surface area contributed by atoms with E-state index in [1.807, 2.05) is 12.1 Å². The molecule has 31 heavy (non-hydrogen) atoms. The summed E-state index contributed by atoms with van der Waals surface area (Å²) in [7, 11) is 0. The standard InChI is InChI=1S/C22H24N4O5/c1-3-4-9-25-22(2,21(23)27)12-15-10-18-19(31-13-30-18)11-17(15)20(24-25)14-5-7-16(8-6-14)26(28)29/h5-8,10-11H,3-4,9,12-13H2,1-2H3,(H2,23,27). The van der Waals surface area contributed by atoms with Gasteiger partial charge in [0, 0.05) is 36.2 Å². The lowest BCUT2D eigenvalue weighted by Crippen LogP contribution is -2.54. The number of non-ortho nitro benzene ring substituents is 1. The van der Waals surface area contributed by atoms with Crippen LogP contribution < -0.4 is 15.2 Å². The van der Waals surface area contributed by atoms with E-state index in [0.717, 1.165) is 24.0 Å². The molecule has 9 nitrogen and oxygen atoms in total. The second-order valence-corrected chi connectivity index (χ2v) is 7.91. The van der Waals surface area contributed by atoms with E-state index in [2.05, 4.69) is 6.92 Å². The van der Waals surface area contributed by atoms with Gasteiger partial charge in [-0.25, -0.2) is 0 Å². The predicted molar refractivity (Wildman–Crippen MR) is 114 cm³/mol. The van der Waals surface area contributed by atoms with Crippen molar-refractivity contribution in [2.75, 3.05) is 13.3 Å². The van der Waals surface area contributed by atoms with Crippen LogP contribution >= 0.6 is 0 Å². The Hall–Kier alpha value is -3.62. The number of nitrogens with two attached hydrogens (primary N) is 1. The first kappa shape index (κ1) is 20.6. The molecule has 1 atom stereocenters. The second kappa shape index (κ2) is 7.90. The number of nitro benzene ring substituents is 1. The predicted octanol–water partition coefficient (Wildman–Crippen LogP) is 2.98. The molecule has 1 unspecified atom stereocenters. The summed E-state index contributed by atoms with van der Waals surface area (Å²) in [5.41, 5.74) is 7.74. The summed E-state index contributed by atoms with van der Waals surface area (Å²) in [5, 5.41) is 17.7. The molecule has 0 spiro atoms. The van der Waals surface area contributed by atoms with Crippen LogP contribution in [0.25, 0.3) is 0 Å². The Labute approximate surface area is 179 Å². The fraction of sp³-hybridized carbons (Fsp3) is 0.364. The molecule has 162 valence electrons. The van der Waals surface area contributed by atoms with Crippen LogP contribution in [0.1, 0.15) is 43.4 Å². The Balaban J connectivity index is 1.91. The topological polar surface area (TPSA) is 120 Å². The summed E-state index contributed by atoms with van der Waals surface area (Å²) >= 11 is 0. The number of amides is 1. The lowest BCUT2D eigenvalue weighted by Gasteiger charge is -2.36. The number of hydrazone groups is 1. The first-order valence-corrected chi connectivity index (χ1v) is 10.2. The van der Waals surface area contributed by atoms with E-state index in [4.69, 9.17) is 20.3 Å². The maximum Gasteiger partial charge on any atom is 0.269 e. The first-order chi connectivity index (χ1) is 14.8. The molecule has 1 amide bonds. The Morgan fingerprint density at radius 2 is 1.94 bits per heavy atom. The summed E-state index contributed by atoms with van der Waals surface area (Å²) in [6.07, 6.45) is 2.10. The molecule has 0 radical (unpaired) electrons. The van der Waals surface area contributed by atoms with Crippen molar-refractivity contribution in [1.82, 2.24) is 5.01 Å². The fourth-order valence-electron chi connectivity index (χ4n) is 3.87. The van der Waals surface area contributed by atoms with Gasteiger partial charge in [0.1, 0.15) is 5.54 Å². The molecule has 2 aromatic carbocycles. The van der Waals surface area contributed by atoms with Crippen molar-refractivity contribution >= 4 is 17.3 Å². The number of hydrogen-bond acceptors (Lipinski definition) is 7. The van der Waals surface area contributed by atoms with Gasteiger partial charge in [-0.1, -0.05) is 13.3 Å². The molecule has 2 aromatic rings. The zero-order chi connectivity index (χ0) is 22.2. The van der Waals surface area contributed by atoms with Gasteiger partial charge in [-0.15, -0.1) is 0 Å². The van der Waals surface area contributed by atoms with Crippen LogP contribution in [-0.2, 0) is 11.2 Å². The summed E-state index contributed by atoms with van der Waals surface area (Å²) in [6, 6.07) is 9.93. The highest BCUT2D eigenvalue weighted by atomic mass is 16.7. The van der Waals surface area contributed by atoms with Gasteiger partial charge >= 0.3 is 0 Å². The van der Waals surface area contributed by atoms with E-state index >= 15 is 0 Å². The van der Waals surface area contributed by atoms with Crippen molar-refractivity contribution in [2.24, 2.45) is 10.8 Å². The normalized spacial score (nSPS) is 19.4. The minimum absolute atomic E-state index is 0.00584. The molecule has 0 saturated heterocycles. The first-order valence-electron chi connectivity index (χ1n) is 10.2. The number of fused-ring (bicyclic) bond motifs is 2. The third-order valence-electron chi connectivity index (χ3n) is 5.78. The largest absolute Gasteiger partial charge is 0.454 e. The molecule has 9 heteroatoms. The van der Waals surface area contributed by atoms with Gasteiger partial charge in [-0.3, -0.25) is 19.9 Å². The molecule has 0 bridgehead atoms. The summed E-state index contributed by atoms with van der Waals surface area (Å²) < 4.78 is 11.1. The Kier molecular flexibility index (Phi) is 5.26. The van der Waals surface area contributed by atoms with Crippen LogP contribution in [0, 0.1) is 10.1 Å². The minimum atomic E-state index is -1.04. The van der Waals surface area contributed by atoms with Crippen molar-refractivity contribution in [1.29, 1.82) is 0 Å². The van der Waals surface area contributed by atoms with Crippen molar-refractivity contribution in [2.45, 2.75) is 38.6 Å². The molecule has 2 aliphatic heterocycles. The van der Waals surface area contributed by atoms with Crippen LogP contribution in [-0.4, -0.2) is 40.4 Å². The van der Waals surface area contributed by atoms with Crippen LogP contribution in [0.5, 0.6) is 11.5 Å². The summed E-state index contributed by atoms with van der Waals surface area (Å²) in [4.78, 5) is 23.2. The molecule has 0 aromatic heterocycles. The van der Waals surface area contributed by atoms with E-state index < -0.39 is 16.4 Å². The van der Waals surface area contributed by atoms with E-state index in [9.17, 15) is 14.9 Å². The molecule has 0 saturated carbocycles. The minimum Gasteiger partial charge on any atom is -0.454 e.